The van der Waals surface area contributed by atoms with Gasteiger partial charge in [-0.25, -0.2) is 0 Å². The molecule has 106 valence electrons. The Bertz CT molecular complexity index is 357. The van der Waals surface area contributed by atoms with E-state index < -0.39 is 0 Å². The fraction of sp³-hybridized carbons (Fsp3) is 0.667. The third kappa shape index (κ3) is 4.35. The molecule has 1 aliphatic carbocycles. The van der Waals surface area contributed by atoms with Crippen LogP contribution >= 0.6 is 0 Å². The summed E-state index contributed by atoms with van der Waals surface area (Å²) in [5, 5.41) is 3.90. The zero-order valence-electron chi connectivity index (χ0n) is 12.7. The standard InChI is InChI=1S/C18H29N/c1-14(2)13-15(3)19-18-12-8-7-11-17(18)16-9-5-4-6-10-16/h4-6,9-10,14-15,17-19H,7-8,11-13H2,1-3H3. The summed E-state index contributed by atoms with van der Waals surface area (Å²) in [6.45, 7) is 6.97. The summed E-state index contributed by atoms with van der Waals surface area (Å²) in [5.74, 6) is 1.49. The smallest absolute Gasteiger partial charge is 0.0138 e. The minimum Gasteiger partial charge on any atom is -0.311 e. The van der Waals surface area contributed by atoms with E-state index in [9.17, 15) is 0 Å². The lowest BCUT2D eigenvalue weighted by Gasteiger charge is -2.35. The first-order chi connectivity index (χ1) is 9.16. The van der Waals surface area contributed by atoms with Gasteiger partial charge in [0.1, 0.15) is 0 Å². The van der Waals surface area contributed by atoms with Gasteiger partial charge < -0.3 is 5.32 Å². The van der Waals surface area contributed by atoms with E-state index in [0.29, 0.717) is 18.0 Å². The Morgan fingerprint density at radius 3 is 2.42 bits per heavy atom. The van der Waals surface area contributed by atoms with Gasteiger partial charge in [-0.2, -0.15) is 0 Å². The van der Waals surface area contributed by atoms with E-state index in [1.807, 2.05) is 0 Å². The van der Waals surface area contributed by atoms with Crippen molar-refractivity contribution in [2.24, 2.45) is 5.92 Å². The SMILES string of the molecule is CC(C)CC(C)NC1CCCCC1c1ccccc1. The molecular weight excluding hydrogens is 230 g/mol. The Morgan fingerprint density at radius 1 is 1.05 bits per heavy atom. The number of rotatable bonds is 5. The van der Waals surface area contributed by atoms with Crippen LogP contribution in [0.25, 0.3) is 0 Å². The maximum Gasteiger partial charge on any atom is 0.0138 e. The zero-order valence-corrected chi connectivity index (χ0v) is 12.7. The summed E-state index contributed by atoms with van der Waals surface area (Å²) in [6.07, 6.45) is 6.72. The highest BCUT2D eigenvalue weighted by atomic mass is 15.0. The van der Waals surface area contributed by atoms with Crippen LogP contribution in [0.3, 0.4) is 0 Å². The Kier molecular flexibility index (Phi) is 5.45. The summed E-state index contributed by atoms with van der Waals surface area (Å²) >= 11 is 0. The van der Waals surface area contributed by atoms with Gasteiger partial charge in [0.25, 0.3) is 0 Å². The predicted octanol–water partition coefficient (Wildman–Crippen LogP) is 4.74. The molecule has 0 heterocycles. The molecule has 0 radical (unpaired) electrons. The van der Waals surface area contributed by atoms with Crippen molar-refractivity contribution in [3.8, 4) is 0 Å². The largest absolute Gasteiger partial charge is 0.311 e. The van der Waals surface area contributed by atoms with Crippen molar-refractivity contribution in [3.05, 3.63) is 35.9 Å². The molecule has 1 aromatic rings. The normalized spacial score (nSPS) is 25.5. The lowest BCUT2D eigenvalue weighted by Crippen LogP contribution is -2.42. The van der Waals surface area contributed by atoms with Crippen LogP contribution in [0.2, 0.25) is 0 Å². The van der Waals surface area contributed by atoms with Crippen molar-refractivity contribution in [1.29, 1.82) is 0 Å². The average molecular weight is 259 g/mol. The van der Waals surface area contributed by atoms with Crippen molar-refractivity contribution in [3.63, 3.8) is 0 Å². The number of nitrogens with one attached hydrogen (secondary N) is 1. The fourth-order valence-electron chi connectivity index (χ4n) is 3.57. The molecule has 0 aromatic heterocycles. The van der Waals surface area contributed by atoms with Crippen molar-refractivity contribution in [1.82, 2.24) is 5.32 Å². The van der Waals surface area contributed by atoms with Gasteiger partial charge in [-0.1, -0.05) is 57.0 Å². The van der Waals surface area contributed by atoms with Gasteiger partial charge in [0, 0.05) is 12.1 Å². The third-order valence-corrected chi connectivity index (χ3v) is 4.32. The minimum absolute atomic E-state index is 0.634. The van der Waals surface area contributed by atoms with E-state index in [1.54, 1.807) is 0 Å². The molecule has 1 saturated carbocycles. The molecule has 19 heavy (non-hydrogen) atoms. The molecule has 2 rings (SSSR count). The van der Waals surface area contributed by atoms with Gasteiger partial charge in [0.05, 0.1) is 0 Å². The topological polar surface area (TPSA) is 12.0 Å². The average Bonchev–Trinajstić information content (AvgIpc) is 2.39. The van der Waals surface area contributed by atoms with Crippen LogP contribution in [-0.2, 0) is 0 Å². The van der Waals surface area contributed by atoms with Gasteiger partial charge in [-0.05, 0) is 43.6 Å². The van der Waals surface area contributed by atoms with Gasteiger partial charge in [0.15, 0.2) is 0 Å². The highest BCUT2D eigenvalue weighted by Gasteiger charge is 2.27. The Labute approximate surface area is 118 Å². The van der Waals surface area contributed by atoms with Gasteiger partial charge in [-0.15, -0.1) is 0 Å². The molecule has 0 amide bonds. The Morgan fingerprint density at radius 2 is 1.74 bits per heavy atom. The van der Waals surface area contributed by atoms with Crippen molar-refractivity contribution < 1.29 is 0 Å². The Hall–Kier alpha value is -0.820. The van der Waals surface area contributed by atoms with E-state index in [4.69, 9.17) is 0 Å². The zero-order chi connectivity index (χ0) is 13.7. The van der Waals surface area contributed by atoms with Crippen LogP contribution in [0.15, 0.2) is 30.3 Å². The Balaban J connectivity index is 2.00. The molecule has 0 aliphatic heterocycles. The first-order valence-corrected chi connectivity index (χ1v) is 7.98. The van der Waals surface area contributed by atoms with Crippen LogP contribution in [0.5, 0.6) is 0 Å². The summed E-state index contributed by atoms with van der Waals surface area (Å²) in [7, 11) is 0. The molecular formula is C18H29N. The second-order valence-electron chi connectivity index (χ2n) is 6.61. The first-order valence-electron chi connectivity index (χ1n) is 7.98. The van der Waals surface area contributed by atoms with E-state index in [2.05, 4.69) is 56.4 Å². The molecule has 1 heteroatoms. The van der Waals surface area contributed by atoms with Crippen LogP contribution in [0.4, 0.5) is 0 Å². The molecule has 0 saturated heterocycles. The summed E-state index contributed by atoms with van der Waals surface area (Å²) in [6, 6.07) is 12.4. The summed E-state index contributed by atoms with van der Waals surface area (Å²) in [4.78, 5) is 0. The second-order valence-corrected chi connectivity index (χ2v) is 6.61. The van der Waals surface area contributed by atoms with Crippen LogP contribution in [0, 0.1) is 5.92 Å². The molecule has 0 spiro atoms. The highest BCUT2D eigenvalue weighted by molar-refractivity contribution is 5.22. The maximum absolute atomic E-state index is 3.90. The molecule has 1 aliphatic rings. The summed E-state index contributed by atoms with van der Waals surface area (Å²) < 4.78 is 0. The highest BCUT2D eigenvalue weighted by Crippen LogP contribution is 2.33. The molecule has 1 aromatic carbocycles. The van der Waals surface area contributed by atoms with Gasteiger partial charge in [-0.3, -0.25) is 0 Å². The molecule has 3 unspecified atom stereocenters. The lowest BCUT2D eigenvalue weighted by molar-refractivity contribution is 0.289. The van der Waals surface area contributed by atoms with Crippen molar-refractivity contribution in [2.75, 3.05) is 0 Å². The molecule has 3 atom stereocenters. The second kappa shape index (κ2) is 7.09. The minimum atomic E-state index is 0.634. The number of hydrogen-bond acceptors (Lipinski definition) is 1. The van der Waals surface area contributed by atoms with E-state index in [1.165, 1.54) is 37.7 Å². The monoisotopic (exact) mass is 259 g/mol. The lowest BCUT2D eigenvalue weighted by atomic mass is 9.79. The van der Waals surface area contributed by atoms with E-state index in [-0.39, 0.29) is 0 Å². The number of benzene rings is 1. The molecule has 1 nitrogen and oxygen atoms in total. The maximum atomic E-state index is 3.90. The quantitative estimate of drug-likeness (QED) is 0.805. The van der Waals surface area contributed by atoms with Crippen molar-refractivity contribution >= 4 is 0 Å². The van der Waals surface area contributed by atoms with Crippen LogP contribution < -0.4 is 5.32 Å². The first kappa shape index (κ1) is 14.6. The van der Waals surface area contributed by atoms with Crippen molar-refractivity contribution in [2.45, 2.75) is 70.9 Å². The van der Waals surface area contributed by atoms with E-state index >= 15 is 0 Å². The molecule has 1 fully saturated rings. The van der Waals surface area contributed by atoms with Gasteiger partial charge >= 0.3 is 0 Å². The predicted molar refractivity (Wildman–Crippen MR) is 83.5 cm³/mol. The van der Waals surface area contributed by atoms with Gasteiger partial charge in [0.2, 0.25) is 0 Å². The number of hydrogen-bond donors (Lipinski definition) is 1. The molecule has 1 N–H and O–H groups in total. The third-order valence-electron chi connectivity index (χ3n) is 4.32. The van der Waals surface area contributed by atoms with E-state index in [0.717, 1.165) is 5.92 Å². The van der Waals surface area contributed by atoms with Crippen LogP contribution in [0.1, 0.15) is 64.4 Å². The van der Waals surface area contributed by atoms with Crippen LogP contribution in [-0.4, -0.2) is 12.1 Å². The molecule has 0 bridgehead atoms. The fourth-order valence-corrected chi connectivity index (χ4v) is 3.57. The summed E-state index contributed by atoms with van der Waals surface area (Å²) in [5.41, 5.74) is 1.52.